The standard InChI is InChI=1S/C17H24N2O.ClH/c1-4-7-19-8-6-12-9-15-16(17(20)14(12)10-19)13(5-2)11(3)18-15;/h4,12,14,18H,1,5-10H2,2-3H3;1H/t12-,14+;/m0./s1. The molecule has 1 fully saturated rings. The van der Waals surface area contributed by atoms with Crippen LogP contribution < -0.4 is 0 Å². The smallest absolute Gasteiger partial charge is 0.169 e. The Kier molecular flexibility index (Phi) is 4.95. The number of aromatic amines is 1. The van der Waals surface area contributed by atoms with Gasteiger partial charge >= 0.3 is 0 Å². The third-order valence-electron chi connectivity index (χ3n) is 5.02. The number of carbonyl (C=O) groups is 1. The zero-order valence-electron chi connectivity index (χ0n) is 12.9. The minimum absolute atomic E-state index is 0. The first-order valence-corrected chi connectivity index (χ1v) is 7.73. The fourth-order valence-electron chi connectivity index (χ4n) is 4.03. The fraction of sp³-hybridized carbons (Fsp3) is 0.588. The number of halogens is 1. The highest BCUT2D eigenvalue weighted by Crippen LogP contribution is 2.37. The molecular formula is C17H25ClN2O. The van der Waals surface area contributed by atoms with Gasteiger partial charge in [-0.2, -0.15) is 0 Å². The van der Waals surface area contributed by atoms with Crippen molar-refractivity contribution in [3.8, 4) is 0 Å². The summed E-state index contributed by atoms with van der Waals surface area (Å²) in [7, 11) is 0. The molecule has 3 rings (SSSR count). The van der Waals surface area contributed by atoms with E-state index in [2.05, 4.69) is 30.3 Å². The highest BCUT2D eigenvalue weighted by molar-refractivity contribution is 6.02. The Bertz CT molecular complexity index is 549. The van der Waals surface area contributed by atoms with Gasteiger partial charge in [-0.1, -0.05) is 13.0 Å². The molecule has 0 bridgehead atoms. The number of rotatable bonds is 3. The van der Waals surface area contributed by atoms with Crippen molar-refractivity contribution in [1.82, 2.24) is 9.88 Å². The number of likely N-dealkylation sites (tertiary alicyclic amines) is 1. The predicted octanol–water partition coefficient (Wildman–Crippen LogP) is 3.17. The minimum atomic E-state index is 0. The van der Waals surface area contributed by atoms with Crippen LogP contribution in [-0.4, -0.2) is 35.3 Å². The average Bonchev–Trinajstić information content (AvgIpc) is 2.75. The van der Waals surface area contributed by atoms with Crippen LogP contribution in [0.4, 0.5) is 0 Å². The SMILES string of the molecule is C=CCN1CC[C@H]2Cc3[nH]c(C)c(CC)c3C(=O)[C@@H]2C1.Cl. The van der Waals surface area contributed by atoms with Gasteiger partial charge in [-0.15, -0.1) is 19.0 Å². The lowest BCUT2D eigenvalue weighted by Crippen LogP contribution is -2.46. The number of aryl methyl sites for hydroxylation is 1. The molecule has 0 spiro atoms. The molecule has 3 nitrogen and oxygen atoms in total. The lowest BCUT2D eigenvalue weighted by molar-refractivity contribution is 0.0682. The van der Waals surface area contributed by atoms with E-state index in [9.17, 15) is 4.79 Å². The Morgan fingerprint density at radius 3 is 2.90 bits per heavy atom. The maximum atomic E-state index is 12.9. The monoisotopic (exact) mass is 308 g/mol. The van der Waals surface area contributed by atoms with E-state index in [-0.39, 0.29) is 18.3 Å². The molecule has 1 aliphatic carbocycles. The van der Waals surface area contributed by atoms with Gasteiger partial charge in [0.25, 0.3) is 0 Å². The summed E-state index contributed by atoms with van der Waals surface area (Å²) in [5, 5.41) is 0. The number of hydrogen-bond acceptors (Lipinski definition) is 2. The van der Waals surface area contributed by atoms with E-state index in [0.29, 0.717) is 11.7 Å². The van der Waals surface area contributed by atoms with Gasteiger partial charge in [-0.3, -0.25) is 9.69 Å². The molecule has 0 radical (unpaired) electrons. The van der Waals surface area contributed by atoms with Crippen molar-refractivity contribution in [2.24, 2.45) is 11.8 Å². The normalized spacial score (nSPS) is 25.0. The van der Waals surface area contributed by atoms with Gasteiger partial charge in [-0.05, 0) is 44.2 Å². The molecular weight excluding hydrogens is 284 g/mol. The maximum absolute atomic E-state index is 12.9. The molecule has 1 N–H and O–H groups in total. The Balaban J connectivity index is 0.00000161. The zero-order chi connectivity index (χ0) is 14.3. The van der Waals surface area contributed by atoms with Crippen molar-refractivity contribution in [3.63, 3.8) is 0 Å². The number of ketones is 1. The summed E-state index contributed by atoms with van der Waals surface area (Å²) in [6.45, 7) is 10.9. The van der Waals surface area contributed by atoms with Crippen LogP contribution in [0.3, 0.4) is 0 Å². The zero-order valence-corrected chi connectivity index (χ0v) is 13.8. The fourth-order valence-corrected chi connectivity index (χ4v) is 4.03. The van der Waals surface area contributed by atoms with E-state index in [1.807, 2.05) is 6.08 Å². The molecule has 1 aromatic rings. The van der Waals surface area contributed by atoms with E-state index in [0.717, 1.165) is 44.5 Å². The summed E-state index contributed by atoms with van der Waals surface area (Å²) < 4.78 is 0. The number of nitrogens with zero attached hydrogens (tertiary/aromatic N) is 1. The largest absolute Gasteiger partial charge is 0.362 e. The number of aromatic nitrogens is 1. The van der Waals surface area contributed by atoms with E-state index < -0.39 is 0 Å². The summed E-state index contributed by atoms with van der Waals surface area (Å²) in [4.78, 5) is 18.7. The van der Waals surface area contributed by atoms with Crippen molar-refractivity contribution >= 4 is 18.2 Å². The summed E-state index contributed by atoms with van der Waals surface area (Å²) in [5.74, 6) is 1.10. The van der Waals surface area contributed by atoms with Crippen LogP contribution in [0.1, 0.15) is 40.7 Å². The number of H-pyrrole nitrogens is 1. The van der Waals surface area contributed by atoms with E-state index >= 15 is 0 Å². The highest BCUT2D eigenvalue weighted by Gasteiger charge is 2.41. The van der Waals surface area contributed by atoms with Crippen molar-refractivity contribution in [2.75, 3.05) is 19.6 Å². The van der Waals surface area contributed by atoms with Crippen LogP contribution in [-0.2, 0) is 12.8 Å². The number of nitrogens with one attached hydrogen (secondary N) is 1. The van der Waals surface area contributed by atoms with Crippen LogP contribution >= 0.6 is 12.4 Å². The lowest BCUT2D eigenvalue weighted by Gasteiger charge is -2.40. The Hall–Kier alpha value is -1.06. The lowest BCUT2D eigenvalue weighted by atomic mass is 9.72. The van der Waals surface area contributed by atoms with Crippen molar-refractivity contribution in [1.29, 1.82) is 0 Å². The molecule has 0 aromatic carbocycles. The first-order valence-electron chi connectivity index (χ1n) is 7.73. The molecule has 21 heavy (non-hydrogen) atoms. The van der Waals surface area contributed by atoms with Crippen LogP contribution in [0.2, 0.25) is 0 Å². The second-order valence-corrected chi connectivity index (χ2v) is 6.21. The van der Waals surface area contributed by atoms with Gasteiger partial charge in [0.05, 0.1) is 0 Å². The molecule has 2 atom stereocenters. The van der Waals surface area contributed by atoms with Crippen molar-refractivity contribution in [3.05, 3.63) is 35.2 Å². The first kappa shape index (κ1) is 16.3. The molecule has 116 valence electrons. The highest BCUT2D eigenvalue weighted by atomic mass is 35.5. The van der Waals surface area contributed by atoms with Gasteiger partial charge in [0.15, 0.2) is 5.78 Å². The molecule has 0 saturated carbocycles. The Labute approximate surface area is 133 Å². The second-order valence-electron chi connectivity index (χ2n) is 6.21. The molecule has 1 aliphatic heterocycles. The molecule has 4 heteroatoms. The first-order chi connectivity index (χ1) is 9.65. The van der Waals surface area contributed by atoms with Gasteiger partial charge in [0.1, 0.15) is 0 Å². The summed E-state index contributed by atoms with van der Waals surface area (Å²) in [6, 6.07) is 0. The molecule has 2 heterocycles. The Morgan fingerprint density at radius 2 is 2.24 bits per heavy atom. The Morgan fingerprint density at radius 1 is 1.48 bits per heavy atom. The van der Waals surface area contributed by atoms with Crippen LogP contribution in [0.5, 0.6) is 0 Å². The van der Waals surface area contributed by atoms with Crippen molar-refractivity contribution < 1.29 is 4.79 Å². The molecule has 1 saturated heterocycles. The third kappa shape index (κ3) is 2.69. The predicted molar refractivity (Wildman–Crippen MR) is 88.4 cm³/mol. The van der Waals surface area contributed by atoms with Gasteiger partial charge in [0, 0.05) is 36.0 Å². The quantitative estimate of drug-likeness (QED) is 0.871. The number of piperidine rings is 1. The van der Waals surface area contributed by atoms with E-state index in [1.165, 1.54) is 17.0 Å². The molecule has 0 unspecified atom stereocenters. The summed E-state index contributed by atoms with van der Waals surface area (Å²) in [6.07, 6.45) is 5.06. The molecule has 2 aliphatic rings. The summed E-state index contributed by atoms with van der Waals surface area (Å²) >= 11 is 0. The van der Waals surface area contributed by atoms with E-state index in [1.54, 1.807) is 0 Å². The second kappa shape index (κ2) is 6.37. The van der Waals surface area contributed by atoms with E-state index in [4.69, 9.17) is 0 Å². The summed E-state index contributed by atoms with van der Waals surface area (Å²) in [5.41, 5.74) is 4.64. The molecule has 1 aromatic heterocycles. The minimum Gasteiger partial charge on any atom is -0.362 e. The number of carbonyl (C=O) groups excluding carboxylic acids is 1. The molecule has 0 amide bonds. The third-order valence-corrected chi connectivity index (χ3v) is 5.02. The van der Waals surface area contributed by atoms with Crippen LogP contribution in [0.25, 0.3) is 0 Å². The number of hydrogen-bond donors (Lipinski definition) is 1. The van der Waals surface area contributed by atoms with Crippen LogP contribution in [0.15, 0.2) is 12.7 Å². The average molecular weight is 309 g/mol. The number of fused-ring (bicyclic) bond motifs is 2. The van der Waals surface area contributed by atoms with Gasteiger partial charge in [-0.25, -0.2) is 0 Å². The van der Waals surface area contributed by atoms with Gasteiger partial charge in [0.2, 0.25) is 0 Å². The van der Waals surface area contributed by atoms with Gasteiger partial charge < -0.3 is 4.98 Å². The maximum Gasteiger partial charge on any atom is 0.169 e. The van der Waals surface area contributed by atoms with Crippen LogP contribution in [0, 0.1) is 18.8 Å². The number of Topliss-reactive ketones (excluding diaryl/α,β-unsaturated/α-hetero) is 1. The van der Waals surface area contributed by atoms with Crippen molar-refractivity contribution in [2.45, 2.75) is 33.1 Å². The topological polar surface area (TPSA) is 36.1 Å².